The van der Waals surface area contributed by atoms with Gasteiger partial charge in [0.05, 0.1) is 6.10 Å². The minimum Gasteiger partial charge on any atom is -0.790 e. The van der Waals surface area contributed by atoms with Gasteiger partial charge in [0.25, 0.3) is 0 Å². The van der Waals surface area contributed by atoms with E-state index in [0.29, 0.717) is 12.2 Å². The van der Waals surface area contributed by atoms with Gasteiger partial charge in [-0.2, -0.15) is 0 Å². The first kappa shape index (κ1) is 23.1. The largest absolute Gasteiger partial charge is 1.00 e. The number of hydrogen-bond acceptors (Lipinski definition) is 4. The van der Waals surface area contributed by atoms with E-state index >= 15 is 0 Å². The van der Waals surface area contributed by atoms with E-state index in [-0.39, 0.29) is 69.1 Å². The summed E-state index contributed by atoms with van der Waals surface area (Å²) >= 11 is 4.78. The van der Waals surface area contributed by atoms with Crippen molar-refractivity contribution in [3.63, 3.8) is 0 Å². The van der Waals surface area contributed by atoms with Gasteiger partial charge >= 0.3 is 51.4 Å². The summed E-state index contributed by atoms with van der Waals surface area (Å²) in [6.07, 6.45) is 0.553. The Morgan fingerprint density at radius 1 is 1.45 bits per heavy atom. The summed E-state index contributed by atoms with van der Waals surface area (Å²) in [5.74, 6) is 0.677. The molecule has 20 heavy (non-hydrogen) atoms. The van der Waals surface area contributed by atoms with E-state index in [1.807, 2.05) is 13.8 Å². The maximum atomic E-state index is 12.9. The van der Waals surface area contributed by atoms with Crippen LogP contribution in [-0.2, 0) is 19.0 Å². The number of rotatable bonds is 2. The van der Waals surface area contributed by atoms with Crippen molar-refractivity contribution in [2.45, 2.75) is 38.9 Å². The summed E-state index contributed by atoms with van der Waals surface area (Å²) in [5.41, 5.74) is 5.36. The number of aliphatic hydroxyl groups excluding tert-OH is 1. The fraction of sp³-hybridized carbons (Fsp3) is 0.571. The second kappa shape index (κ2) is 13.5. The summed E-state index contributed by atoms with van der Waals surface area (Å²) in [7, 11) is 1.50. The molecule has 0 bridgehead atoms. The molecule has 1 aliphatic rings. The molecule has 0 fully saturated rings. The van der Waals surface area contributed by atoms with E-state index < -0.39 is 6.10 Å². The van der Waals surface area contributed by atoms with Crippen LogP contribution in [0.15, 0.2) is 18.2 Å². The summed E-state index contributed by atoms with van der Waals surface area (Å²) in [5, 5.41) is 9.56. The van der Waals surface area contributed by atoms with Gasteiger partial charge in [0.1, 0.15) is 17.7 Å². The van der Waals surface area contributed by atoms with Crippen molar-refractivity contribution < 1.29 is 65.6 Å². The van der Waals surface area contributed by atoms with Gasteiger partial charge in [-0.15, -0.1) is 5.75 Å². The van der Waals surface area contributed by atoms with Gasteiger partial charge in [-0.25, -0.2) is 4.39 Å². The molecule has 0 radical (unpaired) electrons. The molecule has 1 aromatic carbocycles. The van der Waals surface area contributed by atoms with Gasteiger partial charge in [0, 0.05) is 0 Å². The Labute approximate surface area is 169 Å². The average Bonchev–Trinajstić information content (AvgIpc) is 2.50. The molecule has 6 heteroatoms. The molecule has 2 atom stereocenters. The van der Waals surface area contributed by atoms with Crippen LogP contribution >= 0.6 is 0 Å². The van der Waals surface area contributed by atoms with Crippen LogP contribution in [0, 0.1) is 5.82 Å². The second-order valence-corrected chi connectivity index (χ2v) is 4.01. The van der Waals surface area contributed by atoms with Crippen molar-refractivity contribution >= 4 is 12.6 Å². The number of aryl methyl sites for hydroxylation is 1. The van der Waals surface area contributed by atoms with Gasteiger partial charge in [0.2, 0.25) is 0 Å². The number of benzene rings is 1. The molecule has 2 rings (SSSR count). The van der Waals surface area contributed by atoms with Crippen molar-refractivity contribution in [3.8, 4) is 5.75 Å². The van der Waals surface area contributed by atoms with Crippen molar-refractivity contribution in [2.75, 3.05) is 12.8 Å². The molecule has 0 aliphatic carbocycles. The molecule has 3 nitrogen and oxygen atoms in total. The van der Waals surface area contributed by atoms with Crippen molar-refractivity contribution in [1.82, 2.24) is 0 Å². The molecular weight excluding hydrogens is 304 g/mol. The van der Waals surface area contributed by atoms with Crippen LogP contribution < -0.4 is 61.9 Å². The Bertz CT molecular complexity index is 369. The van der Waals surface area contributed by atoms with E-state index in [2.05, 4.69) is 5.73 Å². The monoisotopic (exact) mass is 327 g/mol. The number of aliphatic hydroxyl groups is 1. The zero-order valence-corrected chi connectivity index (χ0v) is 16.7. The van der Waals surface area contributed by atoms with Crippen LogP contribution in [0.1, 0.15) is 25.8 Å². The molecular formula is C14H23FKNO2S. The Kier molecular flexibility index (Phi) is 15.6. The third-order valence-corrected chi connectivity index (χ3v) is 2.94. The summed E-state index contributed by atoms with van der Waals surface area (Å²) < 4.78 is 18.5. The first-order valence-corrected chi connectivity index (χ1v) is 7.07. The zero-order valence-electron chi connectivity index (χ0n) is 12.7. The molecule has 1 heterocycles. The summed E-state index contributed by atoms with van der Waals surface area (Å²) in [4.78, 5) is 0. The van der Waals surface area contributed by atoms with Crippen molar-refractivity contribution in [1.29, 1.82) is 0 Å². The van der Waals surface area contributed by atoms with E-state index in [0.717, 1.165) is 12.0 Å². The van der Waals surface area contributed by atoms with Gasteiger partial charge in [0.15, 0.2) is 0 Å². The van der Waals surface area contributed by atoms with Crippen molar-refractivity contribution in [2.24, 2.45) is 5.73 Å². The topological polar surface area (TPSA) is 55.5 Å². The van der Waals surface area contributed by atoms with Gasteiger partial charge in [-0.1, -0.05) is 13.8 Å². The van der Waals surface area contributed by atoms with Crippen LogP contribution in [0.5, 0.6) is 5.75 Å². The number of hydrogen-bond donors (Lipinski definition) is 2. The predicted octanol–water partition coefficient (Wildman–Crippen LogP) is -0.968. The first-order chi connectivity index (χ1) is 9.20. The molecule has 3 N–H and O–H groups in total. The summed E-state index contributed by atoms with van der Waals surface area (Å²) in [6.45, 7) is 4.00. The number of nitrogens with two attached hydrogens (primary N) is 1. The van der Waals surface area contributed by atoms with Crippen LogP contribution in [0.2, 0.25) is 0 Å². The molecule has 1 aromatic rings. The molecule has 0 saturated carbocycles. The normalized spacial score (nSPS) is 16.9. The van der Waals surface area contributed by atoms with Gasteiger partial charge < -0.3 is 28.2 Å². The third-order valence-electron chi connectivity index (χ3n) is 2.60. The van der Waals surface area contributed by atoms with Gasteiger partial charge in [-0.05, 0) is 43.7 Å². The maximum Gasteiger partial charge on any atom is 1.00 e. The predicted molar refractivity (Wildman–Crippen MR) is 78.8 cm³/mol. The van der Waals surface area contributed by atoms with E-state index in [4.69, 9.17) is 17.4 Å². The minimum absolute atomic E-state index is 0. The fourth-order valence-corrected chi connectivity index (χ4v) is 1.97. The Morgan fingerprint density at radius 2 is 2.05 bits per heavy atom. The van der Waals surface area contributed by atoms with E-state index in [1.54, 1.807) is 6.07 Å². The Hall–Kier alpha value is 0.856. The summed E-state index contributed by atoms with van der Waals surface area (Å²) in [6, 6.07) is 4.44. The maximum absolute atomic E-state index is 12.9. The number of ether oxygens (including phenoxy) is 1. The smallest absolute Gasteiger partial charge is 0.790 e. The van der Waals surface area contributed by atoms with Crippen LogP contribution in [0.4, 0.5) is 4.39 Å². The van der Waals surface area contributed by atoms with Crippen LogP contribution in [-0.4, -0.2) is 30.1 Å². The SMILES string of the molecule is CC.CN.OC(C[S-])[C@@H]1CCc2cc(F)ccc2O1.[K+]. The van der Waals surface area contributed by atoms with E-state index in [9.17, 15) is 9.50 Å². The fourth-order valence-electron chi connectivity index (χ4n) is 1.76. The molecule has 0 amide bonds. The number of halogens is 1. The Morgan fingerprint density at radius 3 is 2.60 bits per heavy atom. The molecule has 0 spiro atoms. The third kappa shape index (κ3) is 7.22. The molecule has 110 valence electrons. The van der Waals surface area contributed by atoms with Crippen LogP contribution in [0.25, 0.3) is 0 Å². The molecule has 1 unspecified atom stereocenters. The average molecular weight is 328 g/mol. The van der Waals surface area contributed by atoms with E-state index in [1.165, 1.54) is 19.2 Å². The Balaban J connectivity index is 0. The molecule has 1 aliphatic heterocycles. The van der Waals surface area contributed by atoms with Crippen LogP contribution in [0.3, 0.4) is 0 Å². The van der Waals surface area contributed by atoms with Crippen molar-refractivity contribution in [3.05, 3.63) is 29.6 Å². The molecule has 0 saturated heterocycles. The second-order valence-electron chi connectivity index (χ2n) is 3.68. The first-order valence-electron chi connectivity index (χ1n) is 6.49. The minimum atomic E-state index is -0.613. The van der Waals surface area contributed by atoms with Gasteiger partial charge in [-0.3, -0.25) is 0 Å². The standard InChI is InChI=1S/C11H13FO2S.C2H6.CH5N.K/c12-8-2-4-10-7(5-8)1-3-11(14-10)9(13)6-15;2*1-2;/h2,4-5,9,11,13,15H,1,3,6H2;1-2H3;2H2,1H3;/q;;;+1/p-1/t9?,11-;;;/m0.../s1. The zero-order chi connectivity index (χ0) is 14.8. The molecule has 0 aromatic heterocycles. The number of fused-ring (bicyclic) bond motifs is 1. The quantitative estimate of drug-likeness (QED) is 0.542.